The van der Waals surface area contributed by atoms with Crippen molar-refractivity contribution < 1.29 is 9.34 Å². The number of nitro benzene ring substituents is 1. The van der Waals surface area contributed by atoms with E-state index in [1.165, 1.54) is 23.9 Å². The third-order valence-corrected chi connectivity index (χ3v) is 5.39. The lowest BCUT2D eigenvalue weighted by molar-refractivity contribution is -0.384. The molecule has 4 aromatic rings. The van der Waals surface area contributed by atoms with Crippen LogP contribution in [-0.4, -0.2) is 19.3 Å². The standard InChI is InChI=1S/C15H8BrClN4O3S/c16-14-11(18-13-4-1-8(17)6-20(13)14)7-25-15-19-10-5-9(21(22)23)2-3-12(10)24-15/h1-6H,7H2. The molecule has 0 amide bonds. The maximum Gasteiger partial charge on any atom is 0.271 e. The predicted octanol–water partition coefficient (Wildman–Crippen LogP) is 5.09. The van der Waals surface area contributed by atoms with Crippen molar-refractivity contribution in [3.8, 4) is 0 Å². The number of nitrogens with zero attached hydrogens (tertiary/aromatic N) is 4. The van der Waals surface area contributed by atoms with Gasteiger partial charge < -0.3 is 4.42 Å². The first-order chi connectivity index (χ1) is 12.0. The summed E-state index contributed by atoms with van der Waals surface area (Å²) in [6, 6.07) is 7.95. The van der Waals surface area contributed by atoms with Crippen molar-refractivity contribution in [2.75, 3.05) is 0 Å². The lowest BCUT2D eigenvalue weighted by atomic mass is 10.3. The van der Waals surface area contributed by atoms with Crippen LogP contribution in [0.2, 0.25) is 5.02 Å². The van der Waals surface area contributed by atoms with Crippen LogP contribution in [0.4, 0.5) is 5.69 Å². The van der Waals surface area contributed by atoms with E-state index in [4.69, 9.17) is 16.0 Å². The fourth-order valence-electron chi connectivity index (χ4n) is 2.33. The van der Waals surface area contributed by atoms with Gasteiger partial charge in [0.25, 0.3) is 10.9 Å². The van der Waals surface area contributed by atoms with Crippen LogP contribution in [0.5, 0.6) is 0 Å². The van der Waals surface area contributed by atoms with Crippen molar-refractivity contribution in [3.63, 3.8) is 0 Å². The second-order valence-corrected chi connectivity index (χ2v) is 7.22. The topological polar surface area (TPSA) is 86.5 Å². The molecule has 10 heteroatoms. The quantitative estimate of drug-likeness (QED) is 0.250. The van der Waals surface area contributed by atoms with Gasteiger partial charge in [-0.15, -0.1) is 0 Å². The third-order valence-electron chi connectivity index (χ3n) is 3.48. The van der Waals surface area contributed by atoms with E-state index in [-0.39, 0.29) is 5.69 Å². The van der Waals surface area contributed by atoms with Crippen molar-refractivity contribution in [1.82, 2.24) is 14.4 Å². The molecule has 3 heterocycles. The average molecular weight is 440 g/mol. The van der Waals surface area contributed by atoms with Crippen LogP contribution in [0.3, 0.4) is 0 Å². The summed E-state index contributed by atoms with van der Waals surface area (Å²) >= 11 is 10.9. The number of nitro groups is 1. The summed E-state index contributed by atoms with van der Waals surface area (Å²) in [5.74, 6) is 0.523. The Morgan fingerprint density at radius 2 is 2.16 bits per heavy atom. The monoisotopic (exact) mass is 438 g/mol. The molecule has 4 rings (SSSR count). The highest BCUT2D eigenvalue weighted by Crippen LogP contribution is 2.30. The van der Waals surface area contributed by atoms with E-state index >= 15 is 0 Å². The average Bonchev–Trinajstić information content (AvgIpc) is 3.13. The second kappa shape index (κ2) is 6.32. The van der Waals surface area contributed by atoms with Crippen molar-refractivity contribution in [3.05, 3.63) is 62.0 Å². The van der Waals surface area contributed by atoms with Gasteiger partial charge in [-0.25, -0.2) is 9.97 Å². The van der Waals surface area contributed by atoms with Gasteiger partial charge in [0.05, 0.1) is 15.6 Å². The Morgan fingerprint density at radius 1 is 1.32 bits per heavy atom. The zero-order chi connectivity index (χ0) is 17.6. The molecule has 0 bridgehead atoms. The van der Waals surface area contributed by atoms with Crippen LogP contribution in [0.1, 0.15) is 5.69 Å². The Bertz CT molecular complexity index is 1130. The number of oxazole rings is 1. The number of aromatic nitrogens is 3. The molecule has 0 unspecified atom stereocenters. The number of halogens is 2. The van der Waals surface area contributed by atoms with E-state index in [2.05, 4.69) is 25.9 Å². The molecule has 0 aliphatic rings. The fourth-order valence-corrected chi connectivity index (χ4v) is 3.96. The van der Waals surface area contributed by atoms with Crippen molar-refractivity contribution in [2.24, 2.45) is 0 Å². The van der Waals surface area contributed by atoms with Gasteiger partial charge in [-0.05, 0) is 34.1 Å². The first-order valence-corrected chi connectivity index (χ1v) is 9.17. The van der Waals surface area contributed by atoms with Crippen LogP contribution < -0.4 is 0 Å². The highest BCUT2D eigenvalue weighted by molar-refractivity contribution is 9.10. The molecule has 0 spiro atoms. The summed E-state index contributed by atoms with van der Waals surface area (Å²) in [7, 11) is 0. The SMILES string of the molecule is O=[N+]([O-])c1ccc2oc(SCc3nc4ccc(Cl)cn4c3Br)nc2c1. The molecule has 0 atom stereocenters. The molecule has 0 aliphatic carbocycles. The molecule has 0 aliphatic heterocycles. The van der Waals surface area contributed by atoms with Gasteiger partial charge in [0.2, 0.25) is 0 Å². The number of pyridine rings is 1. The fraction of sp³-hybridized carbons (Fsp3) is 0.0667. The molecule has 0 N–H and O–H groups in total. The summed E-state index contributed by atoms with van der Waals surface area (Å²) in [6.07, 6.45) is 1.78. The smallest absolute Gasteiger partial charge is 0.271 e. The first kappa shape index (κ1) is 16.4. The number of rotatable bonds is 4. The van der Waals surface area contributed by atoms with Gasteiger partial charge in [-0.1, -0.05) is 23.4 Å². The molecular formula is C15H8BrClN4O3S. The van der Waals surface area contributed by atoms with Gasteiger partial charge in [-0.3, -0.25) is 14.5 Å². The van der Waals surface area contributed by atoms with E-state index in [1.807, 2.05) is 10.5 Å². The lowest BCUT2D eigenvalue weighted by Crippen LogP contribution is -1.86. The normalized spacial score (nSPS) is 11.4. The van der Waals surface area contributed by atoms with Gasteiger partial charge >= 0.3 is 0 Å². The van der Waals surface area contributed by atoms with Crippen LogP contribution >= 0.6 is 39.3 Å². The number of benzene rings is 1. The summed E-state index contributed by atoms with van der Waals surface area (Å²) in [5, 5.41) is 11.9. The van der Waals surface area contributed by atoms with E-state index in [9.17, 15) is 10.1 Å². The zero-order valence-electron chi connectivity index (χ0n) is 12.3. The van der Waals surface area contributed by atoms with Crippen LogP contribution in [0.15, 0.2) is 50.8 Å². The Labute approximate surface area is 158 Å². The van der Waals surface area contributed by atoms with Gasteiger partial charge in [0.15, 0.2) is 5.58 Å². The van der Waals surface area contributed by atoms with Gasteiger partial charge in [-0.2, -0.15) is 0 Å². The third kappa shape index (κ3) is 3.10. The number of fused-ring (bicyclic) bond motifs is 2. The highest BCUT2D eigenvalue weighted by Gasteiger charge is 2.15. The van der Waals surface area contributed by atoms with E-state index in [1.54, 1.807) is 18.3 Å². The van der Waals surface area contributed by atoms with Gasteiger partial charge in [0.1, 0.15) is 15.8 Å². The molecule has 0 saturated heterocycles. The van der Waals surface area contributed by atoms with E-state index < -0.39 is 4.92 Å². The molecular weight excluding hydrogens is 432 g/mol. The Hall–Kier alpha value is -2.10. The van der Waals surface area contributed by atoms with Crippen LogP contribution in [-0.2, 0) is 5.75 Å². The minimum Gasteiger partial charge on any atom is -0.431 e. The minimum absolute atomic E-state index is 0.0164. The maximum atomic E-state index is 10.8. The minimum atomic E-state index is -0.458. The Morgan fingerprint density at radius 3 is 2.96 bits per heavy atom. The molecule has 3 aromatic heterocycles. The molecule has 1 aromatic carbocycles. The molecule has 126 valence electrons. The molecule has 0 saturated carbocycles. The molecule has 0 radical (unpaired) electrons. The van der Waals surface area contributed by atoms with Gasteiger partial charge in [0, 0.05) is 24.1 Å². The van der Waals surface area contributed by atoms with Crippen molar-refractivity contribution in [2.45, 2.75) is 11.0 Å². The van der Waals surface area contributed by atoms with E-state index in [0.29, 0.717) is 27.1 Å². The van der Waals surface area contributed by atoms with Crippen LogP contribution in [0.25, 0.3) is 16.7 Å². The summed E-state index contributed by atoms with van der Waals surface area (Å²) in [6.45, 7) is 0. The first-order valence-electron chi connectivity index (χ1n) is 7.01. The Kier molecular flexibility index (Phi) is 4.14. The Balaban J connectivity index is 1.60. The van der Waals surface area contributed by atoms with Crippen molar-refractivity contribution >= 4 is 61.7 Å². The number of hydrogen-bond donors (Lipinski definition) is 0. The number of hydrogen-bond acceptors (Lipinski definition) is 6. The van der Waals surface area contributed by atoms with E-state index in [0.717, 1.165) is 15.9 Å². The summed E-state index contributed by atoms with van der Waals surface area (Å²) < 4.78 is 8.28. The van der Waals surface area contributed by atoms with Crippen molar-refractivity contribution in [1.29, 1.82) is 0 Å². The zero-order valence-corrected chi connectivity index (χ0v) is 15.5. The molecule has 7 nitrogen and oxygen atoms in total. The van der Waals surface area contributed by atoms with Crippen LogP contribution in [0, 0.1) is 10.1 Å². The number of thioether (sulfide) groups is 1. The maximum absolute atomic E-state index is 10.8. The predicted molar refractivity (Wildman–Crippen MR) is 98.1 cm³/mol. The largest absolute Gasteiger partial charge is 0.431 e. The molecule has 0 fully saturated rings. The summed E-state index contributed by atoms with van der Waals surface area (Å²) in [4.78, 5) is 19.2. The lowest BCUT2D eigenvalue weighted by Gasteiger charge is -1.96. The second-order valence-electron chi connectivity index (χ2n) is 5.10. The highest BCUT2D eigenvalue weighted by atomic mass is 79.9. The molecule has 25 heavy (non-hydrogen) atoms. The number of imidazole rings is 1. The summed E-state index contributed by atoms with van der Waals surface area (Å²) in [5.41, 5.74) is 2.55. The number of non-ortho nitro benzene ring substituents is 1.